The lowest BCUT2D eigenvalue weighted by molar-refractivity contribution is 0.545. The highest BCUT2D eigenvalue weighted by atomic mass is 19.1. The van der Waals surface area contributed by atoms with Crippen LogP contribution < -0.4 is 5.32 Å². The number of rotatable bonds is 3. The van der Waals surface area contributed by atoms with Gasteiger partial charge in [-0.1, -0.05) is 6.92 Å². The Hall–Kier alpha value is -1.70. The van der Waals surface area contributed by atoms with Crippen LogP contribution in [0.5, 0.6) is 0 Å². The second-order valence-electron chi connectivity index (χ2n) is 2.98. The number of benzene rings is 1. The molecule has 15 heavy (non-hydrogen) atoms. The molecule has 1 rings (SSSR count). The fourth-order valence-electron chi connectivity index (χ4n) is 1.08. The van der Waals surface area contributed by atoms with Gasteiger partial charge in [0.25, 0.3) is 0 Å². The van der Waals surface area contributed by atoms with Crippen molar-refractivity contribution in [2.45, 2.75) is 19.4 Å². The number of anilines is 1. The van der Waals surface area contributed by atoms with Crippen LogP contribution in [0.25, 0.3) is 0 Å². The summed E-state index contributed by atoms with van der Waals surface area (Å²) >= 11 is 0. The number of nitrogens with one attached hydrogen (secondary N) is 1. The molecule has 0 aliphatic rings. The molecule has 1 atom stereocenters. The highest BCUT2D eigenvalue weighted by Crippen LogP contribution is 2.21. The maximum Gasteiger partial charge on any atom is 0.152 e. The van der Waals surface area contributed by atoms with E-state index in [-0.39, 0.29) is 0 Å². The first kappa shape index (κ1) is 11.4. The molecule has 0 radical (unpaired) electrons. The average molecular weight is 214 g/mol. The first-order chi connectivity index (χ1) is 7.08. The number of halogens is 3. The van der Waals surface area contributed by atoms with Gasteiger partial charge in [0.1, 0.15) is 17.5 Å². The molecule has 5 heteroatoms. The van der Waals surface area contributed by atoms with Gasteiger partial charge < -0.3 is 5.32 Å². The van der Waals surface area contributed by atoms with Gasteiger partial charge in [-0.25, -0.2) is 13.2 Å². The minimum Gasteiger partial charge on any atom is -0.365 e. The Labute approximate surface area is 85.3 Å². The summed E-state index contributed by atoms with van der Waals surface area (Å²) < 4.78 is 38.7. The first-order valence-electron chi connectivity index (χ1n) is 4.39. The Balaban J connectivity index is 3.00. The van der Waals surface area contributed by atoms with Crippen molar-refractivity contribution in [3.63, 3.8) is 0 Å². The molecule has 1 aromatic rings. The molecule has 80 valence electrons. The van der Waals surface area contributed by atoms with Gasteiger partial charge in [-0.3, -0.25) is 0 Å². The maximum atomic E-state index is 13.1. The van der Waals surface area contributed by atoms with Crippen LogP contribution in [0.4, 0.5) is 18.9 Å². The minimum atomic E-state index is -1.04. The summed E-state index contributed by atoms with van der Waals surface area (Å²) in [5.74, 6) is -3.07. The average Bonchev–Trinajstić information content (AvgIpc) is 2.17. The van der Waals surface area contributed by atoms with Crippen molar-refractivity contribution in [1.29, 1.82) is 5.26 Å². The Bertz CT molecular complexity index is 375. The van der Waals surface area contributed by atoms with E-state index >= 15 is 0 Å². The van der Waals surface area contributed by atoms with Crippen LogP contribution in [-0.2, 0) is 0 Å². The summed E-state index contributed by atoms with van der Waals surface area (Å²) in [5, 5.41) is 11.0. The van der Waals surface area contributed by atoms with Crippen LogP contribution in [0.15, 0.2) is 12.1 Å². The molecule has 0 amide bonds. The molecule has 0 fully saturated rings. The predicted molar refractivity (Wildman–Crippen MR) is 49.6 cm³/mol. The third-order valence-electron chi connectivity index (χ3n) is 1.89. The van der Waals surface area contributed by atoms with Crippen molar-refractivity contribution in [1.82, 2.24) is 0 Å². The van der Waals surface area contributed by atoms with Crippen molar-refractivity contribution >= 4 is 5.69 Å². The third-order valence-corrected chi connectivity index (χ3v) is 1.89. The van der Waals surface area contributed by atoms with Gasteiger partial charge in [-0.15, -0.1) is 0 Å². The van der Waals surface area contributed by atoms with Gasteiger partial charge in [0.05, 0.1) is 6.07 Å². The van der Waals surface area contributed by atoms with E-state index in [4.69, 9.17) is 5.26 Å². The number of nitrogens with zero attached hydrogens (tertiary/aromatic N) is 1. The Morgan fingerprint density at radius 1 is 1.33 bits per heavy atom. The zero-order chi connectivity index (χ0) is 11.4. The standard InChI is InChI=1S/C10H9F3N2/c1-2-7(5-14)15-10-8(12)3-6(11)4-9(10)13/h3-4,7,15H,2H2,1H3. The highest BCUT2D eigenvalue weighted by Gasteiger charge is 2.14. The molecular weight excluding hydrogens is 205 g/mol. The van der Waals surface area contributed by atoms with E-state index in [1.165, 1.54) is 0 Å². The van der Waals surface area contributed by atoms with Gasteiger partial charge in [0, 0.05) is 12.1 Å². The van der Waals surface area contributed by atoms with Crippen LogP contribution in [-0.4, -0.2) is 6.04 Å². The van der Waals surface area contributed by atoms with E-state index in [2.05, 4.69) is 5.32 Å². The summed E-state index contributed by atoms with van der Waals surface area (Å²) in [6, 6.07) is 2.27. The lowest BCUT2D eigenvalue weighted by Gasteiger charge is -2.12. The fourth-order valence-corrected chi connectivity index (χ4v) is 1.08. The molecule has 0 bridgehead atoms. The largest absolute Gasteiger partial charge is 0.365 e. The normalized spacial score (nSPS) is 11.9. The molecule has 0 aliphatic carbocycles. The van der Waals surface area contributed by atoms with Crippen LogP contribution in [0.2, 0.25) is 0 Å². The van der Waals surface area contributed by atoms with Crippen LogP contribution in [0.1, 0.15) is 13.3 Å². The summed E-state index contributed by atoms with van der Waals surface area (Å²) in [6.45, 7) is 1.69. The number of hydrogen-bond donors (Lipinski definition) is 1. The number of hydrogen-bond acceptors (Lipinski definition) is 2. The van der Waals surface area contributed by atoms with Crippen molar-refractivity contribution in [2.75, 3.05) is 5.32 Å². The summed E-state index contributed by atoms with van der Waals surface area (Å²) in [7, 11) is 0. The Morgan fingerprint density at radius 3 is 2.27 bits per heavy atom. The molecule has 2 nitrogen and oxygen atoms in total. The monoisotopic (exact) mass is 214 g/mol. The van der Waals surface area contributed by atoms with Crippen molar-refractivity contribution in [3.05, 3.63) is 29.6 Å². The summed E-state index contributed by atoms with van der Waals surface area (Å²) in [4.78, 5) is 0. The van der Waals surface area contributed by atoms with E-state index in [1.807, 2.05) is 6.07 Å². The SMILES string of the molecule is CCC(C#N)Nc1c(F)cc(F)cc1F. The smallest absolute Gasteiger partial charge is 0.152 e. The molecule has 1 aromatic carbocycles. The molecule has 0 heterocycles. The molecule has 1 unspecified atom stereocenters. The quantitative estimate of drug-likeness (QED) is 0.839. The first-order valence-corrected chi connectivity index (χ1v) is 4.39. The zero-order valence-corrected chi connectivity index (χ0v) is 8.02. The molecule has 0 aromatic heterocycles. The van der Waals surface area contributed by atoms with E-state index in [0.29, 0.717) is 18.6 Å². The molecule has 0 saturated heterocycles. The van der Waals surface area contributed by atoms with Crippen molar-refractivity contribution in [2.24, 2.45) is 0 Å². The topological polar surface area (TPSA) is 35.8 Å². The molecule has 0 aliphatic heterocycles. The minimum absolute atomic E-state index is 0.396. The maximum absolute atomic E-state index is 13.1. The molecular formula is C10H9F3N2. The zero-order valence-electron chi connectivity index (χ0n) is 8.02. The van der Waals surface area contributed by atoms with Gasteiger partial charge in [-0.2, -0.15) is 5.26 Å². The predicted octanol–water partition coefficient (Wildman–Crippen LogP) is 2.82. The van der Waals surface area contributed by atoms with Crippen molar-refractivity contribution < 1.29 is 13.2 Å². The van der Waals surface area contributed by atoms with E-state index in [1.54, 1.807) is 6.92 Å². The van der Waals surface area contributed by atoms with Gasteiger partial charge in [0.2, 0.25) is 0 Å². The Morgan fingerprint density at radius 2 is 1.87 bits per heavy atom. The lowest BCUT2D eigenvalue weighted by Crippen LogP contribution is -2.17. The van der Waals surface area contributed by atoms with Gasteiger partial charge in [-0.05, 0) is 6.42 Å². The van der Waals surface area contributed by atoms with E-state index in [0.717, 1.165) is 0 Å². The van der Waals surface area contributed by atoms with Crippen molar-refractivity contribution in [3.8, 4) is 6.07 Å². The van der Waals surface area contributed by atoms with Crippen LogP contribution in [0.3, 0.4) is 0 Å². The third kappa shape index (κ3) is 2.62. The summed E-state index contributed by atoms with van der Waals surface area (Å²) in [6.07, 6.45) is 0.396. The molecule has 1 N–H and O–H groups in total. The van der Waals surface area contributed by atoms with E-state index < -0.39 is 29.2 Å². The fraction of sp³-hybridized carbons (Fsp3) is 0.300. The van der Waals surface area contributed by atoms with Gasteiger partial charge in [0.15, 0.2) is 11.6 Å². The second kappa shape index (κ2) is 4.69. The summed E-state index contributed by atoms with van der Waals surface area (Å²) in [5.41, 5.74) is -0.468. The second-order valence-corrected chi connectivity index (χ2v) is 2.98. The van der Waals surface area contributed by atoms with Gasteiger partial charge >= 0.3 is 0 Å². The lowest BCUT2D eigenvalue weighted by atomic mass is 10.2. The highest BCUT2D eigenvalue weighted by molar-refractivity contribution is 5.48. The molecule has 0 saturated carbocycles. The Kier molecular flexibility index (Phi) is 3.56. The number of nitriles is 1. The molecule has 0 spiro atoms. The van der Waals surface area contributed by atoms with Crippen LogP contribution >= 0.6 is 0 Å². The van der Waals surface area contributed by atoms with E-state index in [9.17, 15) is 13.2 Å². The van der Waals surface area contributed by atoms with Crippen LogP contribution in [0, 0.1) is 28.8 Å².